The first-order valence-corrected chi connectivity index (χ1v) is 11.9. The Hall–Kier alpha value is -3.85. The third-order valence-corrected chi connectivity index (χ3v) is 6.34. The number of carbonyl (C=O) groups excluding carboxylic acids is 1. The molecule has 3 heterocycles. The molecule has 9 heteroatoms. The molecule has 2 aromatic carbocycles. The summed E-state index contributed by atoms with van der Waals surface area (Å²) >= 11 is 0. The van der Waals surface area contributed by atoms with E-state index in [9.17, 15) is 4.79 Å². The first-order chi connectivity index (χ1) is 17.0. The fraction of sp³-hybridized carbons (Fsp3) is 0.346. The summed E-state index contributed by atoms with van der Waals surface area (Å²) < 4.78 is 11.3. The first kappa shape index (κ1) is 22.9. The highest BCUT2D eigenvalue weighted by molar-refractivity contribution is 5.74. The van der Waals surface area contributed by atoms with Crippen LogP contribution in [0.2, 0.25) is 0 Å². The Kier molecular flexibility index (Phi) is 6.67. The van der Waals surface area contributed by atoms with Gasteiger partial charge in [-0.2, -0.15) is 0 Å². The second kappa shape index (κ2) is 10.2. The molecule has 3 N–H and O–H groups in total. The van der Waals surface area contributed by atoms with E-state index < -0.39 is 0 Å². The Morgan fingerprint density at radius 3 is 2.63 bits per heavy atom. The fourth-order valence-corrected chi connectivity index (χ4v) is 4.27. The molecule has 2 fully saturated rings. The zero-order valence-corrected chi connectivity index (χ0v) is 19.8. The molecule has 0 unspecified atom stereocenters. The number of nitrogen functional groups attached to an aromatic ring is 1. The van der Waals surface area contributed by atoms with Crippen molar-refractivity contribution in [2.45, 2.75) is 6.92 Å². The molecule has 1 aromatic heterocycles. The molecule has 0 aliphatic carbocycles. The van der Waals surface area contributed by atoms with Crippen molar-refractivity contribution in [1.82, 2.24) is 14.9 Å². The third-order valence-electron chi connectivity index (χ3n) is 6.34. The van der Waals surface area contributed by atoms with Gasteiger partial charge in [-0.05, 0) is 48.5 Å². The zero-order valence-electron chi connectivity index (χ0n) is 19.8. The highest BCUT2D eigenvalue weighted by Gasteiger charge is 2.29. The van der Waals surface area contributed by atoms with E-state index in [1.807, 2.05) is 36.4 Å². The summed E-state index contributed by atoms with van der Waals surface area (Å²) in [5.74, 6) is 1.61. The van der Waals surface area contributed by atoms with E-state index >= 15 is 0 Å². The maximum absolute atomic E-state index is 11.3. The molecule has 0 atom stereocenters. The number of morpholine rings is 1. The van der Waals surface area contributed by atoms with Gasteiger partial charge in [0.15, 0.2) is 0 Å². The minimum absolute atomic E-state index is 0.105. The van der Waals surface area contributed by atoms with Crippen LogP contribution in [-0.2, 0) is 9.53 Å². The molecule has 35 heavy (non-hydrogen) atoms. The molecule has 0 spiro atoms. The number of nitrogens with zero attached hydrogens (tertiary/aromatic N) is 4. The van der Waals surface area contributed by atoms with Crippen LogP contribution in [0.3, 0.4) is 0 Å². The number of hydrogen-bond acceptors (Lipinski definition) is 8. The van der Waals surface area contributed by atoms with E-state index in [-0.39, 0.29) is 5.91 Å². The molecule has 182 valence electrons. The van der Waals surface area contributed by atoms with E-state index in [2.05, 4.69) is 32.3 Å². The number of nitrogens with one attached hydrogen (secondary N) is 1. The second-order valence-electron chi connectivity index (χ2n) is 8.89. The van der Waals surface area contributed by atoms with Crippen LogP contribution in [0.25, 0.3) is 11.3 Å². The lowest BCUT2D eigenvalue weighted by molar-refractivity contribution is -0.135. The topological polar surface area (TPSA) is 106 Å². The predicted molar refractivity (Wildman–Crippen MR) is 136 cm³/mol. The van der Waals surface area contributed by atoms with Gasteiger partial charge in [0, 0.05) is 62.2 Å². The number of likely N-dealkylation sites (tertiary alicyclic amines) is 1. The van der Waals surface area contributed by atoms with Crippen LogP contribution in [0, 0.1) is 5.92 Å². The maximum atomic E-state index is 11.3. The van der Waals surface area contributed by atoms with Crippen molar-refractivity contribution < 1.29 is 14.3 Å². The molecule has 0 bridgehead atoms. The first-order valence-electron chi connectivity index (χ1n) is 11.9. The van der Waals surface area contributed by atoms with Gasteiger partial charge in [-0.25, -0.2) is 9.97 Å². The Bertz CT molecular complexity index is 1170. The summed E-state index contributed by atoms with van der Waals surface area (Å²) in [6, 6.07) is 15.8. The van der Waals surface area contributed by atoms with Gasteiger partial charge in [-0.15, -0.1) is 0 Å². The molecule has 2 aliphatic rings. The molecular formula is C26H30N6O3. The summed E-state index contributed by atoms with van der Waals surface area (Å²) in [6.07, 6.45) is 1.73. The van der Waals surface area contributed by atoms with E-state index in [0.717, 1.165) is 56.3 Å². The zero-order chi connectivity index (χ0) is 24.2. The minimum atomic E-state index is 0.105. The number of amides is 1. The van der Waals surface area contributed by atoms with Crippen molar-refractivity contribution >= 4 is 28.9 Å². The molecule has 5 rings (SSSR count). The van der Waals surface area contributed by atoms with Gasteiger partial charge >= 0.3 is 0 Å². The van der Waals surface area contributed by atoms with Crippen LogP contribution in [0.5, 0.6) is 5.75 Å². The molecule has 9 nitrogen and oxygen atoms in total. The average Bonchev–Trinajstić information content (AvgIpc) is 2.85. The fourth-order valence-electron chi connectivity index (χ4n) is 4.27. The molecule has 0 radical (unpaired) electrons. The minimum Gasteiger partial charge on any atom is -0.491 e. The van der Waals surface area contributed by atoms with Crippen molar-refractivity contribution in [1.29, 1.82) is 0 Å². The molecular weight excluding hydrogens is 444 g/mol. The van der Waals surface area contributed by atoms with Crippen LogP contribution < -0.4 is 20.7 Å². The smallest absolute Gasteiger partial charge is 0.227 e. The van der Waals surface area contributed by atoms with Crippen molar-refractivity contribution in [3.8, 4) is 17.0 Å². The number of nitrogens with two attached hydrogens (primary N) is 1. The number of ether oxygens (including phenoxy) is 2. The quantitative estimate of drug-likeness (QED) is 0.503. The maximum Gasteiger partial charge on any atom is 0.227 e. The van der Waals surface area contributed by atoms with Gasteiger partial charge in [0.2, 0.25) is 11.9 Å². The molecule has 1 amide bonds. The lowest BCUT2D eigenvalue weighted by Crippen LogP contribution is -2.51. The molecule has 3 aromatic rings. The average molecular weight is 475 g/mol. The largest absolute Gasteiger partial charge is 0.491 e. The van der Waals surface area contributed by atoms with Crippen molar-refractivity contribution in [3.63, 3.8) is 0 Å². The van der Waals surface area contributed by atoms with Gasteiger partial charge in [-0.3, -0.25) is 4.79 Å². The Morgan fingerprint density at radius 2 is 1.91 bits per heavy atom. The number of aromatic nitrogens is 2. The van der Waals surface area contributed by atoms with Gasteiger partial charge in [0.25, 0.3) is 0 Å². The normalized spacial score (nSPS) is 16.0. The van der Waals surface area contributed by atoms with E-state index in [1.165, 1.54) is 5.69 Å². The summed E-state index contributed by atoms with van der Waals surface area (Å²) in [5, 5.41) is 3.28. The van der Waals surface area contributed by atoms with Crippen LogP contribution in [0.1, 0.15) is 6.92 Å². The number of hydrogen-bond donors (Lipinski definition) is 2. The summed E-state index contributed by atoms with van der Waals surface area (Å²) in [6.45, 7) is 6.94. The predicted octanol–water partition coefficient (Wildman–Crippen LogP) is 3.16. The Labute approximate surface area is 204 Å². The lowest BCUT2D eigenvalue weighted by Gasteiger charge is -2.38. The Balaban J connectivity index is 1.20. The summed E-state index contributed by atoms with van der Waals surface area (Å²) in [7, 11) is 0. The second-order valence-corrected chi connectivity index (χ2v) is 8.89. The van der Waals surface area contributed by atoms with E-state index in [0.29, 0.717) is 29.9 Å². The van der Waals surface area contributed by atoms with Crippen LogP contribution >= 0.6 is 0 Å². The van der Waals surface area contributed by atoms with Gasteiger partial charge in [-0.1, -0.05) is 0 Å². The van der Waals surface area contributed by atoms with Gasteiger partial charge in [0.1, 0.15) is 5.75 Å². The van der Waals surface area contributed by atoms with E-state index in [1.54, 1.807) is 18.0 Å². The molecule has 2 saturated heterocycles. The van der Waals surface area contributed by atoms with Crippen LogP contribution in [0.4, 0.5) is 23.0 Å². The standard InChI is InChI=1S/C26H30N6O3/c1-18(33)32-15-19(16-32)17-35-25-7-2-20(14-23(25)27)24-8-9-28-26(30-24)29-21-3-5-22(6-4-21)31-10-12-34-13-11-31/h2-9,14,19H,10-13,15-17,27H2,1H3,(H,28,29,30). The molecule has 0 saturated carbocycles. The van der Waals surface area contributed by atoms with Crippen LogP contribution in [-0.4, -0.2) is 66.8 Å². The summed E-state index contributed by atoms with van der Waals surface area (Å²) in [4.78, 5) is 24.5. The monoisotopic (exact) mass is 474 g/mol. The lowest BCUT2D eigenvalue weighted by atomic mass is 10.0. The van der Waals surface area contributed by atoms with Crippen molar-refractivity contribution in [2.75, 3.05) is 62.0 Å². The number of anilines is 4. The van der Waals surface area contributed by atoms with Crippen molar-refractivity contribution in [2.24, 2.45) is 5.92 Å². The highest BCUT2D eigenvalue weighted by Crippen LogP contribution is 2.29. The van der Waals surface area contributed by atoms with E-state index in [4.69, 9.17) is 15.2 Å². The SMILES string of the molecule is CC(=O)N1CC(COc2ccc(-c3ccnc(Nc4ccc(N5CCOCC5)cc4)n3)cc2N)C1. The van der Waals surface area contributed by atoms with Crippen LogP contribution in [0.15, 0.2) is 54.7 Å². The Morgan fingerprint density at radius 1 is 1.14 bits per heavy atom. The highest BCUT2D eigenvalue weighted by atomic mass is 16.5. The van der Waals surface area contributed by atoms with Crippen molar-refractivity contribution in [3.05, 3.63) is 54.7 Å². The number of carbonyl (C=O) groups is 1. The van der Waals surface area contributed by atoms with Gasteiger partial charge in [0.05, 0.1) is 31.2 Å². The third kappa shape index (κ3) is 5.46. The summed E-state index contributed by atoms with van der Waals surface area (Å²) in [5.41, 5.74) is 10.6. The molecule has 2 aliphatic heterocycles. The van der Waals surface area contributed by atoms with Gasteiger partial charge < -0.3 is 30.3 Å². The number of benzene rings is 2. The number of rotatable bonds is 7.